The normalized spacial score (nSPS) is 22.1. The summed E-state index contributed by atoms with van der Waals surface area (Å²) < 4.78 is 0. The van der Waals surface area contributed by atoms with Crippen LogP contribution in [-0.2, 0) is 0 Å². The lowest BCUT2D eigenvalue weighted by atomic mass is 9.99. The number of hydrogen-bond donors (Lipinski definition) is 1. The fraction of sp³-hybridized carbons (Fsp3) is 0.867. The number of allylic oxidation sites excluding steroid dienone is 1. The molecule has 0 heterocycles. The van der Waals surface area contributed by atoms with E-state index >= 15 is 0 Å². The lowest BCUT2D eigenvalue weighted by Gasteiger charge is -2.09. The van der Waals surface area contributed by atoms with Gasteiger partial charge in [-0.1, -0.05) is 50.5 Å². The molecule has 0 aliphatic heterocycles. The summed E-state index contributed by atoms with van der Waals surface area (Å²) in [6.45, 7) is 2.50. The van der Waals surface area contributed by atoms with Crippen LogP contribution in [0.15, 0.2) is 11.1 Å². The molecule has 1 aliphatic carbocycles. The Morgan fingerprint density at radius 2 is 1.19 bits per heavy atom. The molecule has 0 bridgehead atoms. The van der Waals surface area contributed by atoms with Crippen LogP contribution >= 0.6 is 0 Å². The summed E-state index contributed by atoms with van der Waals surface area (Å²) in [5.41, 5.74) is 2.78. The highest BCUT2D eigenvalue weighted by Gasteiger charge is 2.03. The molecule has 0 atom stereocenters. The van der Waals surface area contributed by atoms with Crippen LogP contribution in [0.4, 0.5) is 0 Å². The Bertz CT molecular complexity index is 205. The molecule has 0 amide bonds. The van der Waals surface area contributed by atoms with E-state index in [0.29, 0.717) is 0 Å². The Labute approximate surface area is 101 Å². The van der Waals surface area contributed by atoms with E-state index in [-0.39, 0.29) is 6.61 Å². The molecule has 1 rings (SSSR count). The summed E-state index contributed by atoms with van der Waals surface area (Å²) in [5.74, 6) is 0. The first-order valence-corrected chi connectivity index (χ1v) is 7.13. The van der Waals surface area contributed by atoms with Gasteiger partial charge in [0.05, 0.1) is 6.61 Å². The number of aliphatic hydroxyl groups is 1. The molecule has 0 aromatic heterocycles. The summed E-state index contributed by atoms with van der Waals surface area (Å²) in [7, 11) is 0. The van der Waals surface area contributed by atoms with Crippen molar-refractivity contribution < 1.29 is 5.11 Å². The molecule has 0 aromatic rings. The summed E-state index contributed by atoms with van der Waals surface area (Å²) in [5, 5.41) is 9.36. The van der Waals surface area contributed by atoms with Gasteiger partial charge in [0.15, 0.2) is 0 Å². The molecule has 16 heavy (non-hydrogen) atoms. The van der Waals surface area contributed by atoms with Crippen molar-refractivity contribution in [1.82, 2.24) is 0 Å². The van der Waals surface area contributed by atoms with Gasteiger partial charge in [0.25, 0.3) is 0 Å². The Morgan fingerprint density at radius 3 is 1.69 bits per heavy atom. The molecule has 1 aliphatic rings. The van der Waals surface area contributed by atoms with Crippen molar-refractivity contribution in [3.8, 4) is 0 Å². The molecule has 1 nitrogen and oxygen atoms in total. The van der Waals surface area contributed by atoms with Crippen LogP contribution in [0.1, 0.15) is 77.6 Å². The number of rotatable bonds is 1. The minimum absolute atomic E-state index is 0.284. The molecule has 0 unspecified atom stereocenters. The third-order valence-corrected chi connectivity index (χ3v) is 3.82. The van der Waals surface area contributed by atoms with E-state index in [1.165, 1.54) is 75.4 Å². The second-order valence-corrected chi connectivity index (χ2v) is 5.22. The maximum Gasteiger partial charge on any atom is 0.0644 e. The van der Waals surface area contributed by atoms with Crippen LogP contribution in [0.5, 0.6) is 0 Å². The van der Waals surface area contributed by atoms with E-state index in [4.69, 9.17) is 0 Å². The highest BCUT2D eigenvalue weighted by atomic mass is 16.3. The van der Waals surface area contributed by atoms with Crippen molar-refractivity contribution in [3.05, 3.63) is 11.1 Å². The van der Waals surface area contributed by atoms with Gasteiger partial charge in [-0.15, -0.1) is 0 Å². The van der Waals surface area contributed by atoms with Gasteiger partial charge in [0.2, 0.25) is 0 Å². The maximum atomic E-state index is 9.36. The lowest BCUT2D eigenvalue weighted by Crippen LogP contribution is -1.96. The van der Waals surface area contributed by atoms with Crippen LogP contribution in [-0.4, -0.2) is 11.7 Å². The van der Waals surface area contributed by atoms with Gasteiger partial charge in [0, 0.05) is 0 Å². The molecule has 0 aromatic carbocycles. The van der Waals surface area contributed by atoms with Crippen LogP contribution < -0.4 is 0 Å². The second-order valence-electron chi connectivity index (χ2n) is 5.22. The third kappa shape index (κ3) is 5.69. The quantitative estimate of drug-likeness (QED) is 0.645. The first-order chi connectivity index (χ1) is 7.84. The van der Waals surface area contributed by atoms with Crippen LogP contribution in [0, 0.1) is 0 Å². The minimum atomic E-state index is 0.284. The largest absolute Gasteiger partial charge is 0.392 e. The molecule has 1 N–H and O–H groups in total. The van der Waals surface area contributed by atoms with E-state index < -0.39 is 0 Å². The van der Waals surface area contributed by atoms with Crippen LogP contribution in [0.25, 0.3) is 0 Å². The molecule has 0 saturated carbocycles. The topological polar surface area (TPSA) is 20.2 Å². The summed E-state index contributed by atoms with van der Waals surface area (Å²) >= 11 is 0. The van der Waals surface area contributed by atoms with Crippen LogP contribution in [0.3, 0.4) is 0 Å². The Hall–Kier alpha value is -0.300. The predicted octanol–water partition coefficient (Wildman–Crippen LogP) is 4.60. The van der Waals surface area contributed by atoms with Crippen LogP contribution in [0.2, 0.25) is 0 Å². The SMILES string of the molecule is CC1=C(CO)CCCCCCCCCCC1. The maximum absolute atomic E-state index is 9.36. The number of hydrogen-bond acceptors (Lipinski definition) is 1. The predicted molar refractivity (Wildman–Crippen MR) is 70.6 cm³/mol. The van der Waals surface area contributed by atoms with Crippen molar-refractivity contribution in [1.29, 1.82) is 0 Å². The van der Waals surface area contributed by atoms with Gasteiger partial charge < -0.3 is 5.11 Å². The zero-order valence-corrected chi connectivity index (χ0v) is 10.9. The Balaban J connectivity index is 2.43. The fourth-order valence-electron chi connectivity index (χ4n) is 2.57. The highest BCUT2D eigenvalue weighted by Crippen LogP contribution is 2.20. The molecule has 0 radical (unpaired) electrons. The van der Waals surface area contributed by atoms with E-state index in [1.807, 2.05) is 0 Å². The summed E-state index contributed by atoms with van der Waals surface area (Å²) in [6.07, 6.45) is 14.7. The van der Waals surface area contributed by atoms with Crippen molar-refractivity contribution in [2.45, 2.75) is 77.6 Å². The molecular formula is C15H28O. The van der Waals surface area contributed by atoms with Gasteiger partial charge >= 0.3 is 0 Å². The Kier molecular flexibility index (Phi) is 7.58. The van der Waals surface area contributed by atoms with Crippen molar-refractivity contribution >= 4 is 0 Å². The lowest BCUT2D eigenvalue weighted by molar-refractivity contribution is 0.323. The average Bonchev–Trinajstić information content (AvgIpc) is 2.31. The van der Waals surface area contributed by atoms with Gasteiger partial charge in [-0.2, -0.15) is 0 Å². The van der Waals surface area contributed by atoms with Gasteiger partial charge in [-0.3, -0.25) is 0 Å². The fourth-order valence-corrected chi connectivity index (χ4v) is 2.57. The first kappa shape index (κ1) is 13.8. The third-order valence-electron chi connectivity index (χ3n) is 3.82. The molecule has 0 fully saturated rings. The first-order valence-electron chi connectivity index (χ1n) is 7.13. The zero-order chi connectivity index (χ0) is 11.6. The van der Waals surface area contributed by atoms with Gasteiger partial charge in [-0.05, 0) is 38.2 Å². The van der Waals surface area contributed by atoms with E-state index in [1.54, 1.807) is 0 Å². The van der Waals surface area contributed by atoms with E-state index in [9.17, 15) is 5.11 Å². The van der Waals surface area contributed by atoms with Crippen molar-refractivity contribution in [3.63, 3.8) is 0 Å². The highest BCUT2D eigenvalue weighted by molar-refractivity contribution is 5.12. The van der Waals surface area contributed by atoms with E-state index in [2.05, 4.69) is 6.92 Å². The summed E-state index contributed by atoms with van der Waals surface area (Å²) in [6, 6.07) is 0. The standard InChI is InChI=1S/C15H28O/c1-14-11-9-7-5-3-2-4-6-8-10-12-15(14)13-16/h16H,2-13H2,1H3. The molecule has 0 spiro atoms. The average molecular weight is 224 g/mol. The summed E-state index contributed by atoms with van der Waals surface area (Å²) in [4.78, 5) is 0. The van der Waals surface area contributed by atoms with Gasteiger partial charge in [0.1, 0.15) is 0 Å². The zero-order valence-electron chi connectivity index (χ0n) is 10.9. The van der Waals surface area contributed by atoms with Crippen molar-refractivity contribution in [2.75, 3.05) is 6.61 Å². The number of aliphatic hydroxyl groups excluding tert-OH is 1. The second kappa shape index (κ2) is 8.81. The molecule has 94 valence electrons. The van der Waals surface area contributed by atoms with Gasteiger partial charge in [-0.25, -0.2) is 0 Å². The van der Waals surface area contributed by atoms with Crippen molar-refractivity contribution in [2.24, 2.45) is 0 Å². The molecule has 0 saturated heterocycles. The minimum Gasteiger partial charge on any atom is -0.392 e. The monoisotopic (exact) mass is 224 g/mol. The Morgan fingerprint density at radius 1 is 0.750 bits per heavy atom. The molecule has 1 heteroatoms. The smallest absolute Gasteiger partial charge is 0.0644 e. The van der Waals surface area contributed by atoms with E-state index in [0.717, 1.165) is 6.42 Å². The molecular weight excluding hydrogens is 196 g/mol.